The Morgan fingerprint density at radius 1 is 0.844 bits per heavy atom. The van der Waals surface area contributed by atoms with Crippen LogP contribution in [-0.2, 0) is 17.6 Å². The molecule has 1 saturated carbocycles. The monoisotopic (exact) mass is 433 g/mol. The molecule has 0 aromatic heterocycles. The molecule has 5 nitrogen and oxygen atoms in total. The molecule has 2 aromatic rings. The number of piperazine rings is 1. The molecule has 3 aliphatic rings. The lowest BCUT2D eigenvalue weighted by molar-refractivity contribution is -0.133. The number of amides is 1. The number of carbonyl (C=O) groups is 1. The Morgan fingerprint density at radius 2 is 1.56 bits per heavy atom. The second-order valence-corrected chi connectivity index (χ2v) is 9.40. The van der Waals surface area contributed by atoms with Gasteiger partial charge in [-0.05, 0) is 61.1 Å². The Balaban J connectivity index is 1.14. The third kappa shape index (κ3) is 4.93. The predicted octanol–water partition coefficient (Wildman–Crippen LogP) is 3.76. The van der Waals surface area contributed by atoms with Crippen LogP contribution in [-0.4, -0.2) is 67.6 Å². The standard InChI is InChI=1S/C27H35N3O2/c31-27(21-32-26-8-2-1-3-9-26)30-18-16-29(17-19-30)25-11-10-22-12-14-28(15-13-23(22)20-25)24-6-4-5-7-24/h1-3,8-11,20,24H,4-7,12-19,21H2. The summed E-state index contributed by atoms with van der Waals surface area (Å²) in [6.07, 6.45) is 7.93. The van der Waals surface area contributed by atoms with Crippen LogP contribution in [0.1, 0.15) is 36.8 Å². The highest BCUT2D eigenvalue weighted by atomic mass is 16.5. The van der Waals surface area contributed by atoms with Crippen molar-refractivity contribution in [1.82, 2.24) is 9.80 Å². The van der Waals surface area contributed by atoms with E-state index in [4.69, 9.17) is 4.74 Å². The highest BCUT2D eigenvalue weighted by Crippen LogP contribution is 2.28. The van der Waals surface area contributed by atoms with Gasteiger partial charge in [0.2, 0.25) is 0 Å². The largest absolute Gasteiger partial charge is 0.484 e. The van der Waals surface area contributed by atoms with E-state index < -0.39 is 0 Å². The summed E-state index contributed by atoms with van der Waals surface area (Å²) in [7, 11) is 0. The van der Waals surface area contributed by atoms with Crippen molar-refractivity contribution in [2.75, 3.05) is 50.8 Å². The Morgan fingerprint density at radius 3 is 2.31 bits per heavy atom. The van der Waals surface area contributed by atoms with Crippen LogP contribution >= 0.6 is 0 Å². The number of ether oxygens (including phenoxy) is 1. The number of carbonyl (C=O) groups excluding carboxylic acids is 1. The van der Waals surface area contributed by atoms with Gasteiger partial charge in [-0.15, -0.1) is 0 Å². The van der Waals surface area contributed by atoms with Gasteiger partial charge in [0.05, 0.1) is 0 Å². The fraction of sp³-hybridized carbons (Fsp3) is 0.519. The Labute approximate surface area is 191 Å². The summed E-state index contributed by atoms with van der Waals surface area (Å²) >= 11 is 0. The average Bonchev–Trinajstić information content (AvgIpc) is 3.30. The van der Waals surface area contributed by atoms with E-state index in [0.717, 1.165) is 44.4 Å². The van der Waals surface area contributed by atoms with E-state index in [1.54, 1.807) is 0 Å². The summed E-state index contributed by atoms with van der Waals surface area (Å²) in [6.45, 7) is 5.79. The van der Waals surface area contributed by atoms with Gasteiger partial charge >= 0.3 is 0 Å². The van der Waals surface area contributed by atoms with Gasteiger partial charge in [0.1, 0.15) is 5.75 Å². The van der Waals surface area contributed by atoms with Crippen molar-refractivity contribution in [1.29, 1.82) is 0 Å². The molecule has 0 atom stereocenters. The Hall–Kier alpha value is -2.53. The van der Waals surface area contributed by atoms with Gasteiger partial charge < -0.3 is 14.5 Å². The smallest absolute Gasteiger partial charge is 0.260 e. The van der Waals surface area contributed by atoms with E-state index in [0.29, 0.717) is 0 Å². The van der Waals surface area contributed by atoms with Crippen molar-refractivity contribution < 1.29 is 9.53 Å². The van der Waals surface area contributed by atoms with Crippen molar-refractivity contribution in [2.45, 2.75) is 44.6 Å². The Bertz CT molecular complexity index is 902. The van der Waals surface area contributed by atoms with Gasteiger partial charge in [-0.3, -0.25) is 9.69 Å². The average molecular weight is 434 g/mol. The first-order valence-electron chi connectivity index (χ1n) is 12.3. The number of benzene rings is 2. The van der Waals surface area contributed by atoms with E-state index >= 15 is 0 Å². The maximum Gasteiger partial charge on any atom is 0.260 e. The van der Waals surface area contributed by atoms with Gasteiger partial charge in [0.25, 0.3) is 5.91 Å². The summed E-state index contributed by atoms with van der Waals surface area (Å²) in [6, 6.07) is 17.4. The number of rotatable bonds is 5. The first kappa shape index (κ1) is 21.3. The van der Waals surface area contributed by atoms with Gasteiger partial charge in [0.15, 0.2) is 6.61 Å². The van der Waals surface area contributed by atoms with Crippen molar-refractivity contribution in [2.24, 2.45) is 0 Å². The van der Waals surface area contributed by atoms with Crippen molar-refractivity contribution in [3.05, 3.63) is 59.7 Å². The van der Waals surface area contributed by atoms with Crippen LogP contribution in [0, 0.1) is 0 Å². The lowest BCUT2D eigenvalue weighted by Gasteiger charge is -2.36. The minimum absolute atomic E-state index is 0.0717. The van der Waals surface area contributed by atoms with E-state index in [1.165, 1.54) is 62.0 Å². The lowest BCUT2D eigenvalue weighted by atomic mass is 10.0. The number of para-hydroxylation sites is 1. The predicted molar refractivity (Wildman–Crippen MR) is 128 cm³/mol. The van der Waals surface area contributed by atoms with Gasteiger partial charge in [-0.25, -0.2) is 0 Å². The molecule has 0 unspecified atom stereocenters. The topological polar surface area (TPSA) is 36.0 Å². The fourth-order valence-corrected chi connectivity index (χ4v) is 5.53. The summed E-state index contributed by atoms with van der Waals surface area (Å²) < 4.78 is 5.64. The number of fused-ring (bicyclic) bond motifs is 1. The normalized spacial score (nSPS) is 20.1. The zero-order chi connectivity index (χ0) is 21.8. The molecular weight excluding hydrogens is 398 g/mol. The molecule has 1 aliphatic carbocycles. The third-order valence-electron chi connectivity index (χ3n) is 7.47. The molecule has 32 heavy (non-hydrogen) atoms. The molecule has 2 aromatic carbocycles. The minimum Gasteiger partial charge on any atom is -0.484 e. The van der Waals surface area contributed by atoms with Crippen LogP contribution in [0.25, 0.3) is 0 Å². The van der Waals surface area contributed by atoms with Crippen LogP contribution in [0.3, 0.4) is 0 Å². The first-order valence-corrected chi connectivity index (χ1v) is 12.3. The molecule has 2 fully saturated rings. The summed E-state index contributed by atoms with van der Waals surface area (Å²) in [5.41, 5.74) is 4.37. The molecule has 0 bridgehead atoms. The maximum absolute atomic E-state index is 12.6. The van der Waals surface area contributed by atoms with Gasteiger partial charge in [-0.2, -0.15) is 0 Å². The van der Waals surface area contributed by atoms with Crippen LogP contribution in [0.5, 0.6) is 5.75 Å². The van der Waals surface area contributed by atoms with E-state index in [2.05, 4.69) is 28.0 Å². The molecular formula is C27H35N3O2. The molecule has 5 rings (SSSR count). The molecule has 0 radical (unpaired) electrons. The van der Waals surface area contributed by atoms with Crippen LogP contribution < -0.4 is 9.64 Å². The number of hydrogen-bond donors (Lipinski definition) is 0. The van der Waals surface area contributed by atoms with E-state index in [1.807, 2.05) is 35.2 Å². The van der Waals surface area contributed by atoms with Crippen molar-refractivity contribution in [3.63, 3.8) is 0 Å². The zero-order valence-electron chi connectivity index (χ0n) is 19.0. The molecule has 0 spiro atoms. The lowest BCUT2D eigenvalue weighted by Crippen LogP contribution is -2.50. The maximum atomic E-state index is 12.6. The quantitative estimate of drug-likeness (QED) is 0.720. The molecule has 1 saturated heterocycles. The second kappa shape index (κ2) is 9.95. The van der Waals surface area contributed by atoms with Gasteiger partial charge in [-0.1, -0.05) is 37.1 Å². The van der Waals surface area contributed by atoms with E-state index in [9.17, 15) is 4.79 Å². The van der Waals surface area contributed by atoms with Crippen molar-refractivity contribution >= 4 is 11.6 Å². The number of nitrogens with zero attached hydrogens (tertiary/aromatic N) is 3. The van der Waals surface area contributed by atoms with Crippen molar-refractivity contribution in [3.8, 4) is 5.75 Å². The SMILES string of the molecule is O=C(COc1ccccc1)N1CCN(c2ccc3c(c2)CCN(C2CCCC2)CC3)CC1. The summed E-state index contributed by atoms with van der Waals surface area (Å²) in [5, 5.41) is 0. The second-order valence-electron chi connectivity index (χ2n) is 9.40. The molecule has 2 aliphatic heterocycles. The first-order chi connectivity index (χ1) is 15.8. The van der Waals surface area contributed by atoms with Crippen LogP contribution in [0.4, 0.5) is 5.69 Å². The zero-order valence-corrected chi connectivity index (χ0v) is 19.0. The summed E-state index contributed by atoms with van der Waals surface area (Å²) in [4.78, 5) is 19.7. The fourth-order valence-electron chi connectivity index (χ4n) is 5.53. The number of hydrogen-bond acceptors (Lipinski definition) is 4. The summed E-state index contributed by atoms with van der Waals surface area (Å²) in [5.74, 6) is 0.818. The van der Waals surface area contributed by atoms with E-state index in [-0.39, 0.29) is 12.5 Å². The van der Waals surface area contributed by atoms with Crippen LogP contribution in [0.2, 0.25) is 0 Å². The highest BCUT2D eigenvalue weighted by Gasteiger charge is 2.26. The third-order valence-corrected chi connectivity index (χ3v) is 7.47. The molecule has 5 heteroatoms. The molecule has 0 N–H and O–H groups in total. The highest BCUT2D eigenvalue weighted by molar-refractivity contribution is 5.78. The molecule has 2 heterocycles. The number of anilines is 1. The molecule has 170 valence electrons. The van der Waals surface area contributed by atoms with Crippen LogP contribution in [0.15, 0.2) is 48.5 Å². The Kier molecular flexibility index (Phi) is 6.63. The minimum atomic E-state index is 0.0717. The van der Waals surface area contributed by atoms with Gasteiger partial charge in [0, 0.05) is 51.0 Å². The molecule has 1 amide bonds.